The number of hydrogen-bond donors (Lipinski definition) is 1. The Bertz CT molecular complexity index is 921. The molecule has 0 atom stereocenters. The van der Waals surface area contributed by atoms with E-state index in [1.54, 1.807) is 24.4 Å². The summed E-state index contributed by atoms with van der Waals surface area (Å²) in [5, 5.41) is 5.15. The van der Waals surface area contributed by atoms with Crippen LogP contribution >= 0.6 is 46.6 Å². The number of imidazole rings is 1. The number of carbonyl (C=O) groups excluding carboxylic acids is 1. The minimum absolute atomic E-state index is 0.163. The fraction of sp³-hybridized carbons (Fsp3) is 0.111. The summed E-state index contributed by atoms with van der Waals surface area (Å²) >= 11 is 19.1. The van der Waals surface area contributed by atoms with Crippen molar-refractivity contribution in [2.45, 2.75) is 5.16 Å². The Morgan fingerprint density at radius 2 is 1.73 bits per heavy atom. The lowest BCUT2D eigenvalue weighted by Crippen LogP contribution is -2.14. The van der Waals surface area contributed by atoms with Crippen molar-refractivity contribution in [1.82, 2.24) is 9.55 Å². The molecule has 0 saturated heterocycles. The molecule has 4 nitrogen and oxygen atoms in total. The highest BCUT2D eigenvalue weighted by Gasteiger charge is 2.12. The maximum Gasteiger partial charge on any atom is 0.234 e. The lowest BCUT2D eigenvalue weighted by molar-refractivity contribution is -0.113. The second-order valence-corrected chi connectivity index (χ2v) is 7.74. The smallest absolute Gasteiger partial charge is 0.234 e. The Labute approximate surface area is 170 Å². The monoisotopic (exact) mass is 425 g/mol. The van der Waals surface area contributed by atoms with Crippen molar-refractivity contribution in [1.29, 1.82) is 0 Å². The molecule has 1 aromatic heterocycles. The molecule has 8 heteroatoms. The van der Waals surface area contributed by atoms with E-state index in [0.717, 1.165) is 16.4 Å². The number of nitrogens with one attached hydrogen (secondary N) is 1. The molecule has 0 aliphatic rings. The van der Waals surface area contributed by atoms with Crippen LogP contribution in [-0.4, -0.2) is 21.2 Å². The van der Waals surface area contributed by atoms with Crippen molar-refractivity contribution in [3.8, 4) is 11.3 Å². The van der Waals surface area contributed by atoms with Gasteiger partial charge in [0.15, 0.2) is 5.16 Å². The van der Waals surface area contributed by atoms with E-state index in [2.05, 4.69) is 10.3 Å². The first kappa shape index (κ1) is 19.1. The van der Waals surface area contributed by atoms with Gasteiger partial charge in [-0.3, -0.25) is 4.79 Å². The van der Waals surface area contributed by atoms with Gasteiger partial charge in [0.1, 0.15) is 0 Å². The summed E-state index contributed by atoms with van der Waals surface area (Å²) in [7, 11) is 1.91. The van der Waals surface area contributed by atoms with E-state index in [0.29, 0.717) is 20.8 Å². The zero-order valence-corrected chi connectivity index (χ0v) is 16.8. The molecule has 0 spiro atoms. The third-order valence-electron chi connectivity index (χ3n) is 3.56. The van der Waals surface area contributed by atoms with Crippen LogP contribution in [0.25, 0.3) is 11.3 Å². The van der Waals surface area contributed by atoms with Crippen LogP contribution < -0.4 is 5.32 Å². The van der Waals surface area contributed by atoms with E-state index in [9.17, 15) is 4.79 Å². The van der Waals surface area contributed by atoms with E-state index < -0.39 is 0 Å². The van der Waals surface area contributed by atoms with Crippen molar-refractivity contribution in [3.63, 3.8) is 0 Å². The minimum Gasteiger partial charge on any atom is -0.325 e. The maximum atomic E-state index is 12.2. The predicted molar refractivity (Wildman–Crippen MR) is 109 cm³/mol. The summed E-state index contributed by atoms with van der Waals surface area (Å²) in [5.74, 6) is 0.0547. The van der Waals surface area contributed by atoms with Gasteiger partial charge in [-0.1, -0.05) is 58.7 Å². The summed E-state index contributed by atoms with van der Waals surface area (Å²) in [4.78, 5) is 16.6. The second kappa shape index (κ2) is 8.35. The molecule has 0 saturated carbocycles. The van der Waals surface area contributed by atoms with Crippen LogP contribution in [0.3, 0.4) is 0 Å². The van der Waals surface area contributed by atoms with Gasteiger partial charge in [0.25, 0.3) is 0 Å². The Hall–Kier alpha value is -1.66. The number of nitrogens with zero attached hydrogens (tertiary/aromatic N) is 2. The van der Waals surface area contributed by atoms with Gasteiger partial charge in [0, 0.05) is 27.8 Å². The van der Waals surface area contributed by atoms with Crippen molar-refractivity contribution >= 4 is 58.2 Å². The molecule has 1 heterocycles. The molecule has 0 bridgehead atoms. The topological polar surface area (TPSA) is 46.9 Å². The number of rotatable bonds is 5. The molecule has 0 fully saturated rings. The molecule has 1 amide bonds. The normalized spacial score (nSPS) is 10.8. The maximum absolute atomic E-state index is 12.2. The van der Waals surface area contributed by atoms with Gasteiger partial charge in [0.05, 0.1) is 17.6 Å². The standard InChI is InChI=1S/C18H14Cl3N3OS/c1-24-16(11-2-4-12(19)5-3-11)9-22-18(24)26-10-17(25)23-15-7-13(20)6-14(21)8-15/h2-9H,10H2,1H3,(H,23,25). The number of halogens is 3. The summed E-state index contributed by atoms with van der Waals surface area (Å²) in [5.41, 5.74) is 2.52. The Balaban J connectivity index is 1.64. The average molecular weight is 427 g/mol. The molecule has 0 aliphatic carbocycles. The zero-order chi connectivity index (χ0) is 18.7. The SMILES string of the molecule is Cn1c(-c2ccc(Cl)cc2)cnc1SCC(=O)Nc1cc(Cl)cc(Cl)c1. The molecular formula is C18H14Cl3N3OS. The van der Waals surface area contributed by atoms with Crippen LogP contribution in [0, 0.1) is 0 Å². The molecule has 1 N–H and O–H groups in total. The van der Waals surface area contributed by atoms with Crippen LogP contribution in [0.2, 0.25) is 15.1 Å². The van der Waals surface area contributed by atoms with Crippen molar-refractivity contribution in [2.75, 3.05) is 11.1 Å². The summed E-state index contributed by atoms with van der Waals surface area (Å²) in [6, 6.07) is 12.4. The van der Waals surface area contributed by atoms with E-state index in [1.165, 1.54) is 11.8 Å². The highest BCUT2D eigenvalue weighted by atomic mass is 35.5. The van der Waals surface area contributed by atoms with E-state index in [-0.39, 0.29) is 11.7 Å². The first-order chi connectivity index (χ1) is 12.4. The number of hydrogen-bond acceptors (Lipinski definition) is 3. The molecule has 134 valence electrons. The second-order valence-electron chi connectivity index (χ2n) is 5.49. The van der Waals surface area contributed by atoms with Gasteiger partial charge in [0.2, 0.25) is 5.91 Å². The van der Waals surface area contributed by atoms with Crippen molar-refractivity contribution in [3.05, 3.63) is 63.7 Å². The number of anilines is 1. The average Bonchev–Trinajstić information content (AvgIpc) is 2.93. The Morgan fingerprint density at radius 3 is 2.38 bits per heavy atom. The van der Waals surface area contributed by atoms with E-state index in [4.69, 9.17) is 34.8 Å². The lowest BCUT2D eigenvalue weighted by Gasteiger charge is -2.08. The third kappa shape index (κ3) is 4.74. The Morgan fingerprint density at radius 1 is 1.08 bits per heavy atom. The van der Waals surface area contributed by atoms with Crippen LogP contribution in [0.4, 0.5) is 5.69 Å². The number of amides is 1. The summed E-state index contributed by atoms with van der Waals surface area (Å²) in [6.07, 6.45) is 1.78. The predicted octanol–water partition coefficient (Wildman–Crippen LogP) is 5.78. The van der Waals surface area contributed by atoms with Crippen molar-refractivity contribution in [2.24, 2.45) is 7.05 Å². The molecule has 3 aromatic rings. The van der Waals surface area contributed by atoms with Gasteiger partial charge in [-0.05, 0) is 35.9 Å². The molecule has 0 unspecified atom stereocenters. The van der Waals surface area contributed by atoms with Crippen LogP contribution in [-0.2, 0) is 11.8 Å². The number of benzene rings is 2. The third-order valence-corrected chi connectivity index (χ3v) is 5.30. The largest absolute Gasteiger partial charge is 0.325 e. The highest BCUT2D eigenvalue weighted by molar-refractivity contribution is 7.99. The van der Waals surface area contributed by atoms with E-state index >= 15 is 0 Å². The van der Waals surface area contributed by atoms with E-state index in [1.807, 2.05) is 35.9 Å². The van der Waals surface area contributed by atoms with Gasteiger partial charge < -0.3 is 9.88 Å². The first-order valence-electron chi connectivity index (χ1n) is 7.59. The van der Waals surface area contributed by atoms with Crippen LogP contribution in [0.15, 0.2) is 53.8 Å². The fourth-order valence-electron chi connectivity index (χ4n) is 2.37. The molecule has 26 heavy (non-hydrogen) atoms. The van der Waals surface area contributed by atoms with Gasteiger partial charge >= 0.3 is 0 Å². The van der Waals surface area contributed by atoms with Gasteiger partial charge in [-0.2, -0.15) is 0 Å². The molecular weight excluding hydrogens is 413 g/mol. The number of carbonyl (C=O) groups is 1. The quantitative estimate of drug-likeness (QED) is 0.526. The summed E-state index contributed by atoms with van der Waals surface area (Å²) in [6.45, 7) is 0. The molecule has 0 radical (unpaired) electrons. The number of aromatic nitrogens is 2. The lowest BCUT2D eigenvalue weighted by atomic mass is 10.2. The van der Waals surface area contributed by atoms with Crippen LogP contribution in [0.5, 0.6) is 0 Å². The molecule has 3 rings (SSSR count). The minimum atomic E-state index is -0.163. The first-order valence-corrected chi connectivity index (χ1v) is 9.71. The fourth-order valence-corrected chi connectivity index (χ4v) is 3.77. The van der Waals surface area contributed by atoms with Gasteiger partial charge in [-0.25, -0.2) is 4.98 Å². The van der Waals surface area contributed by atoms with Crippen molar-refractivity contribution < 1.29 is 4.79 Å². The zero-order valence-electron chi connectivity index (χ0n) is 13.7. The number of thioether (sulfide) groups is 1. The Kier molecular flexibility index (Phi) is 6.14. The summed E-state index contributed by atoms with van der Waals surface area (Å²) < 4.78 is 1.94. The van der Waals surface area contributed by atoms with Gasteiger partial charge in [-0.15, -0.1) is 0 Å². The molecule has 0 aliphatic heterocycles. The van der Waals surface area contributed by atoms with Crippen LogP contribution in [0.1, 0.15) is 0 Å². The highest BCUT2D eigenvalue weighted by Crippen LogP contribution is 2.26. The molecule has 2 aromatic carbocycles.